The van der Waals surface area contributed by atoms with Crippen molar-refractivity contribution in [3.05, 3.63) is 0 Å². The summed E-state index contributed by atoms with van der Waals surface area (Å²) in [6.07, 6.45) is -0.136. The quantitative estimate of drug-likeness (QED) is 0.331. The number of nitrogens with zero attached hydrogens (tertiary/aromatic N) is 1. The minimum absolute atomic E-state index is 0.00880. The minimum atomic E-state index is -4.96. The van der Waals surface area contributed by atoms with Crippen LogP contribution in [-0.4, -0.2) is 71.8 Å². The van der Waals surface area contributed by atoms with E-state index in [0.717, 1.165) is 19.3 Å². The summed E-state index contributed by atoms with van der Waals surface area (Å²) < 4.78 is 37.5. The summed E-state index contributed by atoms with van der Waals surface area (Å²) in [4.78, 5) is 58.4. The van der Waals surface area contributed by atoms with Gasteiger partial charge in [0.15, 0.2) is 0 Å². The normalized spacial score (nSPS) is 30.1. The maximum absolute atomic E-state index is 12.6. The molecular formula is C25H36F3N5O5. The minimum Gasteiger partial charge on any atom is -0.368 e. The summed E-state index contributed by atoms with van der Waals surface area (Å²) in [5.41, 5.74) is 4.81. The van der Waals surface area contributed by atoms with E-state index in [4.69, 9.17) is 5.73 Å². The number of primary amides is 1. The molecule has 0 aromatic carbocycles. The fourth-order valence-electron chi connectivity index (χ4n) is 6.01. The lowest BCUT2D eigenvalue weighted by Gasteiger charge is -2.30. The van der Waals surface area contributed by atoms with Crippen LogP contribution in [0.25, 0.3) is 0 Å². The summed E-state index contributed by atoms with van der Waals surface area (Å²) in [5.74, 6) is -2.37. The average Bonchev–Trinajstić information content (AvgIpc) is 3.73. The van der Waals surface area contributed by atoms with Gasteiger partial charge in [0.1, 0.15) is 12.1 Å². The summed E-state index contributed by atoms with van der Waals surface area (Å²) in [7, 11) is 0. The molecule has 5 unspecified atom stereocenters. The number of piperidine rings is 1. The highest BCUT2D eigenvalue weighted by atomic mass is 19.4. The van der Waals surface area contributed by atoms with Crippen molar-refractivity contribution in [1.82, 2.24) is 20.9 Å². The highest BCUT2D eigenvalue weighted by Gasteiger charge is 2.64. The van der Waals surface area contributed by atoms with Gasteiger partial charge in [-0.25, -0.2) is 0 Å². The lowest BCUT2D eigenvalue weighted by molar-refractivity contribution is -0.175. The standard InChI is InChI=1S/C15H21F3N2O2.C10H15N3O3/c1-13(2)8-6-20(7-9(8)13)11(21)10(14(3)4-5-14)19-12(22)15(16,17)18;11-8(15)7(12-5-14)3-6-4-10(1-2-10)13-9(6)16/h8-10H,4-7H2,1-3H3,(H,19,22);5-7H,1-4H2,(H2,11,15)(H,12,14)(H,13,16). The van der Waals surface area contributed by atoms with Crippen molar-refractivity contribution in [2.24, 2.45) is 34.3 Å². The van der Waals surface area contributed by atoms with Gasteiger partial charge in [-0.3, -0.25) is 24.0 Å². The fourth-order valence-corrected chi connectivity index (χ4v) is 6.01. The van der Waals surface area contributed by atoms with Crippen LogP contribution < -0.4 is 21.7 Å². The van der Waals surface area contributed by atoms with Gasteiger partial charge in [0.05, 0.1) is 0 Å². The molecule has 2 saturated heterocycles. The van der Waals surface area contributed by atoms with E-state index in [9.17, 15) is 37.1 Å². The van der Waals surface area contributed by atoms with E-state index in [1.807, 2.05) is 5.32 Å². The Morgan fingerprint density at radius 2 is 1.71 bits per heavy atom. The molecule has 2 aliphatic heterocycles. The van der Waals surface area contributed by atoms with Gasteiger partial charge >= 0.3 is 12.1 Å². The van der Waals surface area contributed by atoms with Crippen molar-refractivity contribution < 1.29 is 37.1 Å². The first kappa shape index (κ1) is 28.2. The van der Waals surface area contributed by atoms with Gasteiger partial charge in [0, 0.05) is 24.5 Å². The summed E-state index contributed by atoms with van der Waals surface area (Å²) in [6.45, 7) is 7.23. The van der Waals surface area contributed by atoms with Crippen LogP contribution in [0.15, 0.2) is 0 Å². The third kappa shape index (κ3) is 5.61. The lowest BCUT2D eigenvalue weighted by atomic mass is 9.95. The molecular weight excluding hydrogens is 507 g/mol. The topological polar surface area (TPSA) is 151 Å². The Balaban J connectivity index is 0.000000186. The van der Waals surface area contributed by atoms with E-state index in [1.165, 1.54) is 0 Å². The third-order valence-corrected chi connectivity index (χ3v) is 9.33. The molecule has 212 valence electrons. The summed E-state index contributed by atoms with van der Waals surface area (Å²) in [6, 6.07) is -1.82. The van der Waals surface area contributed by atoms with Crippen molar-refractivity contribution in [3.8, 4) is 0 Å². The zero-order chi connectivity index (χ0) is 28.3. The number of alkyl halides is 3. The van der Waals surface area contributed by atoms with Crippen LogP contribution in [0, 0.1) is 28.6 Å². The Kier molecular flexibility index (Phi) is 6.97. The SMILES string of the molecule is CC1(C(NC(=O)C(F)(F)F)C(=O)N2CC3C(C2)C3(C)C)CC1.NC(=O)C(CC1CC2(CC2)NC1=O)NC=O. The molecule has 1 spiro atoms. The van der Waals surface area contributed by atoms with Crippen molar-refractivity contribution in [3.63, 3.8) is 0 Å². The second-order valence-corrected chi connectivity index (χ2v) is 12.5. The maximum Gasteiger partial charge on any atom is 0.471 e. The number of carbonyl (C=O) groups excluding carboxylic acids is 5. The molecule has 10 nitrogen and oxygen atoms in total. The van der Waals surface area contributed by atoms with Crippen LogP contribution in [0.3, 0.4) is 0 Å². The molecule has 0 radical (unpaired) electrons. The lowest BCUT2D eigenvalue weighted by Crippen LogP contribution is -2.55. The summed E-state index contributed by atoms with van der Waals surface area (Å²) in [5, 5.41) is 7.21. The van der Waals surface area contributed by atoms with Gasteiger partial charge in [0.25, 0.3) is 0 Å². The van der Waals surface area contributed by atoms with E-state index in [1.54, 1.807) is 11.8 Å². The first-order valence-electron chi connectivity index (χ1n) is 13.0. The first-order valence-corrected chi connectivity index (χ1v) is 13.0. The molecule has 5 aliphatic rings. The molecule has 5 fully saturated rings. The van der Waals surface area contributed by atoms with Crippen LogP contribution in [0.1, 0.15) is 59.3 Å². The number of amides is 5. The Hall–Kier alpha value is -2.86. The van der Waals surface area contributed by atoms with E-state index < -0.39 is 35.5 Å². The largest absolute Gasteiger partial charge is 0.471 e. The first-order chi connectivity index (χ1) is 17.5. The third-order valence-electron chi connectivity index (χ3n) is 9.33. The fraction of sp³-hybridized carbons (Fsp3) is 0.800. The average molecular weight is 544 g/mol. The maximum atomic E-state index is 12.6. The van der Waals surface area contributed by atoms with E-state index >= 15 is 0 Å². The van der Waals surface area contributed by atoms with Crippen molar-refractivity contribution in [1.29, 1.82) is 0 Å². The highest BCUT2D eigenvalue weighted by Crippen LogP contribution is 2.62. The molecule has 5 N–H and O–H groups in total. The molecule has 38 heavy (non-hydrogen) atoms. The van der Waals surface area contributed by atoms with Crippen molar-refractivity contribution in [2.45, 2.75) is 83.1 Å². The molecule has 5 rings (SSSR count). The van der Waals surface area contributed by atoms with Gasteiger partial charge in [-0.1, -0.05) is 20.8 Å². The second-order valence-electron chi connectivity index (χ2n) is 12.5. The van der Waals surface area contributed by atoms with Gasteiger partial charge in [0.2, 0.25) is 24.1 Å². The highest BCUT2D eigenvalue weighted by molar-refractivity contribution is 5.91. The smallest absolute Gasteiger partial charge is 0.368 e. The van der Waals surface area contributed by atoms with E-state index in [0.29, 0.717) is 50.6 Å². The molecule has 5 amide bonds. The number of fused-ring (bicyclic) bond motifs is 1. The van der Waals surface area contributed by atoms with Gasteiger partial charge in [-0.15, -0.1) is 0 Å². The summed E-state index contributed by atoms with van der Waals surface area (Å²) >= 11 is 0. The van der Waals surface area contributed by atoms with Crippen molar-refractivity contribution >= 4 is 30.0 Å². The number of hydrogen-bond acceptors (Lipinski definition) is 5. The molecule has 0 bridgehead atoms. The Labute approximate surface area is 219 Å². The molecule has 3 saturated carbocycles. The Bertz CT molecular complexity index is 1010. The van der Waals surface area contributed by atoms with Crippen LogP contribution in [-0.2, 0) is 24.0 Å². The predicted octanol–water partition coefficient (Wildman–Crippen LogP) is 0.593. The Morgan fingerprint density at radius 3 is 2.13 bits per heavy atom. The van der Waals surface area contributed by atoms with E-state index in [2.05, 4.69) is 24.5 Å². The number of rotatable bonds is 8. The number of likely N-dealkylation sites (tertiary alicyclic amines) is 1. The van der Waals surface area contributed by atoms with Gasteiger partial charge in [-0.2, -0.15) is 13.2 Å². The van der Waals surface area contributed by atoms with Crippen molar-refractivity contribution in [2.75, 3.05) is 13.1 Å². The van der Waals surface area contributed by atoms with E-state index in [-0.39, 0.29) is 28.7 Å². The molecule has 3 aliphatic carbocycles. The Morgan fingerprint density at radius 1 is 1.13 bits per heavy atom. The van der Waals surface area contributed by atoms with Gasteiger partial charge in [-0.05, 0) is 61.2 Å². The molecule has 0 aromatic heterocycles. The van der Waals surface area contributed by atoms with Crippen LogP contribution in [0.5, 0.6) is 0 Å². The zero-order valence-corrected chi connectivity index (χ0v) is 21.8. The second kappa shape index (κ2) is 9.41. The predicted molar refractivity (Wildman–Crippen MR) is 128 cm³/mol. The number of carbonyl (C=O) groups is 5. The molecule has 2 heterocycles. The molecule has 5 atom stereocenters. The number of hydrogen-bond donors (Lipinski definition) is 4. The van der Waals surface area contributed by atoms with Gasteiger partial charge < -0.3 is 26.6 Å². The number of nitrogens with two attached hydrogens (primary N) is 1. The number of halogens is 3. The molecule has 13 heteroatoms. The zero-order valence-electron chi connectivity index (χ0n) is 21.8. The van der Waals surface area contributed by atoms with Crippen LogP contribution in [0.2, 0.25) is 0 Å². The van der Waals surface area contributed by atoms with Crippen LogP contribution >= 0.6 is 0 Å². The molecule has 0 aromatic rings. The number of nitrogens with one attached hydrogen (secondary N) is 3. The van der Waals surface area contributed by atoms with Crippen LogP contribution in [0.4, 0.5) is 13.2 Å². The monoisotopic (exact) mass is 543 g/mol.